The Kier molecular flexibility index (Phi) is 11.1. The highest BCUT2D eigenvalue weighted by Gasteiger charge is 2.32. The number of carbonyl (C=O) groups is 5. The summed E-state index contributed by atoms with van der Waals surface area (Å²) in [5, 5.41) is 36.5. The van der Waals surface area contributed by atoms with Crippen LogP contribution in [0, 0.1) is 0 Å². The Morgan fingerprint density at radius 1 is 0.674 bits per heavy atom. The van der Waals surface area contributed by atoms with Crippen molar-refractivity contribution < 1.29 is 39.3 Å². The van der Waals surface area contributed by atoms with Crippen molar-refractivity contribution in [2.24, 2.45) is 5.73 Å². The molecule has 0 aliphatic carbocycles. The highest BCUT2D eigenvalue weighted by atomic mass is 16.4. The van der Waals surface area contributed by atoms with Crippen molar-refractivity contribution in [3.05, 3.63) is 102 Å². The highest BCUT2D eigenvalue weighted by Crippen LogP contribution is 2.20. The molecule has 4 rings (SSSR count). The fourth-order valence-corrected chi connectivity index (χ4v) is 4.97. The Bertz CT molecular complexity index is 1690. The van der Waals surface area contributed by atoms with Crippen molar-refractivity contribution in [3.63, 3.8) is 0 Å². The van der Waals surface area contributed by atoms with E-state index in [1.165, 1.54) is 12.1 Å². The minimum Gasteiger partial charge on any atom is -0.508 e. The first-order valence-corrected chi connectivity index (χ1v) is 14.5. The number of fused-ring (bicyclic) bond motifs is 1. The monoisotopic (exact) mass is 629 g/mol. The van der Waals surface area contributed by atoms with Crippen LogP contribution in [0.4, 0.5) is 0 Å². The predicted molar refractivity (Wildman–Crippen MR) is 168 cm³/mol. The minimum absolute atomic E-state index is 0.0442. The number of H-pyrrole nitrogens is 1. The number of aliphatic carboxylic acids is 2. The molecule has 1 aromatic heterocycles. The third-order valence-electron chi connectivity index (χ3n) is 7.37. The maximum absolute atomic E-state index is 13.8. The van der Waals surface area contributed by atoms with Gasteiger partial charge in [-0.3, -0.25) is 19.2 Å². The molecule has 3 aromatic carbocycles. The van der Waals surface area contributed by atoms with Crippen molar-refractivity contribution in [1.29, 1.82) is 0 Å². The molecule has 13 heteroatoms. The zero-order valence-electron chi connectivity index (χ0n) is 24.7. The normalized spacial score (nSPS) is 13.6. The van der Waals surface area contributed by atoms with E-state index in [2.05, 4.69) is 20.9 Å². The van der Waals surface area contributed by atoms with Gasteiger partial charge in [0.2, 0.25) is 17.7 Å². The Hall–Kier alpha value is -5.69. The molecule has 240 valence electrons. The number of aromatic nitrogens is 1. The first kappa shape index (κ1) is 33.2. The van der Waals surface area contributed by atoms with Crippen molar-refractivity contribution in [2.45, 2.75) is 49.9 Å². The molecular formula is C33H35N5O8. The van der Waals surface area contributed by atoms with E-state index < -0.39 is 60.2 Å². The second kappa shape index (κ2) is 15.3. The van der Waals surface area contributed by atoms with Crippen molar-refractivity contribution >= 4 is 40.6 Å². The van der Waals surface area contributed by atoms with Gasteiger partial charge in [-0.1, -0.05) is 60.7 Å². The standard InChI is InChI=1S/C33H35N5O8/c34-24(14-20-10-12-22(39)13-11-20)30(42)36-26(15-19-6-2-1-3-7-19)31(43)37-27(32(44)38-28(33(45)46)17-29(40)41)16-21-18-35-25-9-5-4-8-23(21)25/h1-13,18,24,26-28,35,39H,14-17,34H2,(H,36,42)(H,37,43)(H,38,44)(H,40,41)(H,45,46). The zero-order chi connectivity index (χ0) is 33.2. The second-order valence-corrected chi connectivity index (χ2v) is 10.9. The summed E-state index contributed by atoms with van der Waals surface area (Å²) in [4.78, 5) is 66.5. The third-order valence-corrected chi connectivity index (χ3v) is 7.37. The SMILES string of the molecule is NC(Cc1ccc(O)cc1)C(=O)NC(Cc1ccccc1)C(=O)NC(Cc1c[nH]c2ccccc12)C(=O)NC(CC(=O)O)C(=O)O. The van der Waals surface area contributed by atoms with E-state index in [4.69, 9.17) is 10.8 Å². The maximum atomic E-state index is 13.8. The number of carbonyl (C=O) groups excluding carboxylic acids is 3. The number of amides is 3. The molecule has 0 bridgehead atoms. The number of carboxylic acids is 2. The number of para-hydroxylation sites is 1. The molecule has 0 fully saturated rings. The average Bonchev–Trinajstić information content (AvgIpc) is 3.44. The van der Waals surface area contributed by atoms with Crippen molar-refractivity contribution in [2.75, 3.05) is 0 Å². The quantitative estimate of drug-likeness (QED) is 0.0946. The lowest BCUT2D eigenvalue weighted by Gasteiger charge is -2.25. The van der Waals surface area contributed by atoms with Crippen LogP contribution in [0.3, 0.4) is 0 Å². The molecule has 3 amide bonds. The molecule has 13 nitrogen and oxygen atoms in total. The number of phenolic OH excluding ortho intramolecular Hbond substituents is 1. The lowest BCUT2D eigenvalue weighted by Crippen LogP contribution is -2.58. The maximum Gasteiger partial charge on any atom is 0.326 e. The first-order valence-electron chi connectivity index (χ1n) is 14.5. The highest BCUT2D eigenvalue weighted by molar-refractivity contribution is 5.95. The van der Waals surface area contributed by atoms with Gasteiger partial charge in [-0.2, -0.15) is 0 Å². The number of aromatic amines is 1. The van der Waals surface area contributed by atoms with Crippen LogP contribution >= 0.6 is 0 Å². The topological polar surface area (TPSA) is 224 Å². The smallest absolute Gasteiger partial charge is 0.326 e. The zero-order valence-corrected chi connectivity index (χ0v) is 24.7. The summed E-state index contributed by atoms with van der Waals surface area (Å²) < 4.78 is 0. The lowest BCUT2D eigenvalue weighted by molar-refractivity contribution is -0.147. The Morgan fingerprint density at radius 3 is 1.89 bits per heavy atom. The molecule has 0 aliphatic rings. The predicted octanol–water partition coefficient (Wildman–Crippen LogP) is 1.24. The summed E-state index contributed by atoms with van der Waals surface area (Å²) in [6, 6.07) is 17.0. The lowest BCUT2D eigenvalue weighted by atomic mass is 10.0. The summed E-state index contributed by atoms with van der Waals surface area (Å²) >= 11 is 0. The molecule has 0 aliphatic heterocycles. The Morgan fingerprint density at radius 2 is 1.24 bits per heavy atom. The number of rotatable bonds is 15. The molecule has 4 unspecified atom stereocenters. The fourth-order valence-electron chi connectivity index (χ4n) is 4.97. The molecule has 0 radical (unpaired) electrons. The van der Waals surface area contributed by atoms with Gasteiger partial charge in [-0.25, -0.2) is 4.79 Å². The van der Waals surface area contributed by atoms with Gasteiger partial charge in [0.05, 0.1) is 12.5 Å². The van der Waals surface area contributed by atoms with Crippen LogP contribution in [0.15, 0.2) is 85.1 Å². The number of aromatic hydroxyl groups is 1. The van der Waals surface area contributed by atoms with Crippen LogP contribution in [0.1, 0.15) is 23.1 Å². The van der Waals surface area contributed by atoms with Crippen LogP contribution < -0.4 is 21.7 Å². The molecule has 0 saturated heterocycles. The van der Waals surface area contributed by atoms with E-state index in [9.17, 15) is 34.2 Å². The van der Waals surface area contributed by atoms with Gasteiger partial charge >= 0.3 is 11.9 Å². The molecule has 9 N–H and O–H groups in total. The average molecular weight is 630 g/mol. The van der Waals surface area contributed by atoms with Crippen molar-refractivity contribution in [1.82, 2.24) is 20.9 Å². The van der Waals surface area contributed by atoms with Gasteiger partial charge in [0.1, 0.15) is 23.9 Å². The fraction of sp³-hybridized carbons (Fsp3) is 0.242. The van der Waals surface area contributed by atoms with E-state index in [1.807, 2.05) is 18.2 Å². The van der Waals surface area contributed by atoms with Crippen LogP contribution in [0.2, 0.25) is 0 Å². The van der Waals surface area contributed by atoms with Crippen LogP contribution in [0.5, 0.6) is 5.75 Å². The number of carboxylic acid groups (broad SMARTS) is 2. The molecule has 46 heavy (non-hydrogen) atoms. The molecule has 1 heterocycles. The van der Waals surface area contributed by atoms with E-state index in [0.29, 0.717) is 16.7 Å². The van der Waals surface area contributed by atoms with E-state index in [-0.39, 0.29) is 25.0 Å². The number of hydrogen-bond donors (Lipinski definition) is 8. The summed E-state index contributed by atoms with van der Waals surface area (Å²) in [5.41, 5.74) is 8.98. The number of hydrogen-bond acceptors (Lipinski definition) is 7. The molecular weight excluding hydrogens is 594 g/mol. The number of phenols is 1. The van der Waals surface area contributed by atoms with Crippen molar-refractivity contribution in [3.8, 4) is 5.75 Å². The molecule has 4 atom stereocenters. The van der Waals surface area contributed by atoms with E-state index in [1.54, 1.807) is 54.7 Å². The van der Waals surface area contributed by atoms with Gasteiger partial charge in [-0.15, -0.1) is 0 Å². The van der Waals surface area contributed by atoms with Crippen LogP contribution in [0.25, 0.3) is 10.9 Å². The summed E-state index contributed by atoms with van der Waals surface area (Å²) in [5.74, 6) is -5.20. The summed E-state index contributed by atoms with van der Waals surface area (Å²) in [6.45, 7) is 0. The van der Waals surface area contributed by atoms with Gasteiger partial charge in [0.25, 0.3) is 0 Å². The molecule has 4 aromatic rings. The largest absolute Gasteiger partial charge is 0.508 e. The number of nitrogens with two attached hydrogens (primary N) is 1. The minimum atomic E-state index is -1.75. The first-order chi connectivity index (χ1) is 22.0. The number of nitrogens with one attached hydrogen (secondary N) is 4. The van der Waals surface area contributed by atoms with Crippen LogP contribution in [-0.4, -0.2) is 74.1 Å². The van der Waals surface area contributed by atoms with Gasteiger partial charge < -0.3 is 42.0 Å². The van der Waals surface area contributed by atoms with E-state index in [0.717, 1.165) is 10.9 Å². The van der Waals surface area contributed by atoms with Gasteiger partial charge in [-0.05, 0) is 41.3 Å². The third kappa shape index (κ3) is 9.16. The Labute approximate surface area is 263 Å². The Balaban J connectivity index is 1.58. The molecule has 0 spiro atoms. The molecule has 0 saturated carbocycles. The summed E-state index contributed by atoms with van der Waals surface area (Å²) in [7, 11) is 0. The van der Waals surface area contributed by atoms with Crippen LogP contribution in [-0.2, 0) is 43.2 Å². The second-order valence-electron chi connectivity index (χ2n) is 10.9. The van der Waals surface area contributed by atoms with Gasteiger partial charge in [0, 0.05) is 29.9 Å². The van der Waals surface area contributed by atoms with Gasteiger partial charge in [0.15, 0.2) is 0 Å². The summed E-state index contributed by atoms with van der Waals surface area (Å²) in [6.07, 6.45) is 0.877. The van der Waals surface area contributed by atoms with E-state index >= 15 is 0 Å². The number of benzene rings is 3.